The third-order valence-corrected chi connectivity index (χ3v) is 3.13. The fourth-order valence-corrected chi connectivity index (χ4v) is 2.68. The van der Waals surface area contributed by atoms with E-state index in [1.165, 1.54) is 0 Å². The normalized spacial score (nSPS) is 10.8. The van der Waals surface area contributed by atoms with Gasteiger partial charge in [-0.2, -0.15) is 0 Å². The van der Waals surface area contributed by atoms with Crippen molar-refractivity contribution in [1.82, 2.24) is 9.55 Å². The van der Waals surface area contributed by atoms with Crippen molar-refractivity contribution in [3.05, 3.63) is 51.5 Å². The second-order valence-corrected chi connectivity index (χ2v) is 5.13. The first-order chi connectivity index (χ1) is 8.19. The summed E-state index contributed by atoms with van der Waals surface area (Å²) in [6, 6.07) is 5.87. The van der Waals surface area contributed by atoms with Gasteiger partial charge in [0, 0.05) is 41.4 Å². The van der Waals surface area contributed by atoms with Crippen molar-refractivity contribution < 1.29 is 0 Å². The van der Waals surface area contributed by atoms with Crippen LogP contribution >= 0.6 is 27.5 Å². The second kappa shape index (κ2) is 5.67. The van der Waals surface area contributed by atoms with Crippen molar-refractivity contribution in [2.24, 2.45) is 5.73 Å². The molecule has 17 heavy (non-hydrogen) atoms. The van der Waals surface area contributed by atoms with Crippen molar-refractivity contribution in [3.63, 3.8) is 0 Å². The van der Waals surface area contributed by atoms with E-state index in [0.717, 1.165) is 33.8 Å². The number of nitrogens with two attached hydrogens (primary N) is 1. The van der Waals surface area contributed by atoms with Crippen LogP contribution in [0.3, 0.4) is 0 Å². The van der Waals surface area contributed by atoms with E-state index < -0.39 is 0 Å². The minimum Gasteiger partial charge on any atom is -0.333 e. The van der Waals surface area contributed by atoms with Gasteiger partial charge in [-0.3, -0.25) is 0 Å². The van der Waals surface area contributed by atoms with Gasteiger partial charge in [-0.1, -0.05) is 27.5 Å². The molecule has 0 amide bonds. The van der Waals surface area contributed by atoms with Crippen molar-refractivity contribution in [1.29, 1.82) is 0 Å². The van der Waals surface area contributed by atoms with Crippen LogP contribution in [-0.4, -0.2) is 16.1 Å². The lowest BCUT2D eigenvalue weighted by atomic mass is 10.1. The largest absolute Gasteiger partial charge is 0.333 e. The number of hydrogen-bond acceptors (Lipinski definition) is 2. The van der Waals surface area contributed by atoms with Gasteiger partial charge in [0.25, 0.3) is 0 Å². The van der Waals surface area contributed by atoms with Gasteiger partial charge >= 0.3 is 0 Å². The Morgan fingerprint density at radius 2 is 2.18 bits per heavy atom. The van der Waals surface area contributed by atoms with E-state index in [1.54, 1.807) is 6.20 Å². The molecule has 0 fully saturated rings. The second-order valence-electron chi connectivity index (χ2n) is 3.78. The molecule has 0 spiro atoms. The van der Waals surface area contributed by atoms with Gasteiger partial charge < -0.3 is 10.3 Å². The third-order valence-electron chi connectivity index (χ3n) is 2.46. The Labute approximate surface area is 114 Å². The smallest absolute Gasteiger partial charge is 0.113 e. The molecule has 0 aliphatic carbocycles. The highest BCUT2D eigenvalue weighted by molar-refractivity contribution is 9.10. The maximum Gasteiger partial charge on any atom is 0.113 e. The topological polar surface area (TPSA) is 43.8 Å². The SMILES string of the molecule is NCCn1ccnc1Cc1cc(Cl)cc(Br)c1. The number of imidazole rings is 1. The molecular weight excluding hydrogens is 302 g/mol. The van der Waals surface area contributed by atoms with E-state index in [1.807, 2.05) is 24.4 Å². The average molecular weight is 315 g/mol. The number of rotatable bonds is 4. The number of nitrogens with zero attached hydrogens (tertiary/aromatic N) is 2. The molecule has 0 saturated heterocycles. The summed E-state index contributed by atoms with van der Waals surface area (Å²) in [4.78, 5) is 4.34. The van der Waals surface area contributed by atoms with Crippen LogP contribution in [0.5, 0.6) is 0 Å². The zero-order chi connectivity index (χ0) is 12.3. The molecule has 90 valence electrons. The summed E-state index contributed by atoms with van der Waals surface area (Å²) < 4.78 is 3.05. The van der Waals surface area contributed by atoms with Crippen LogP contribution in [0.1, 0.15) is 11.4 Å². The minimum absolute atomic E-state index is 0.614. The van der Waals surface area contributed by atoms with E-state index in [2.05, 4.69) is 25.5 Å². The van der Waals surface area contributed by atoms with Gasteiger partial charge in [0.1, 0.15) is 5.82 Å². The van der Waals surface area contributed by atoms with Crippen LogP contribution in [0.15, 0.2) is 35.1 Å². The van der Waals surface area contributed by atoms with Crippen molar-refractivity contribution >= 4 is 27.5 Å². The fraction of sp³-hybridized carbons (Fsp3) is 0.250. The summed E-state index contributed by atoms with van der Waals surface area (Å²) in [7, 11) is 0. The van der Waals surface area contributed by atoms with Crippen molar-refractivity contribution in [2.75, 3.05) is 6.54 Å². The highest BCUT2D eigenvalue weighted by atomic mass is 79.9. The number of benzene rings is 1. The van der Waals surface area contributed by atoms with Crippen molar-refractivity contribution in [3.8, 4) is 0 Å². The number of aromatic nitrogens is 2. The predicted octanol–water partition coefficient (Wildman–Crippen LogP) is 2.85. The van der Waals surface area contributed by atoms with Crippen LogP contribution < -0.4 is 5.73 Å². The van der Waals surface area contributed by atoms with Gasteiger partial charge in [0.05, 0.1) is 0 Å². The minimum atomic E-state index is 0.614. The predicted molar refractivity (Wildman–Crippen MR) is 73.2 cm³/mol. The molecule has 2 N–H and O–H groups in total. The van der Waals surface area contributed by atoms with Crippen LogP contribution in [0.4, 0.5) is 0 Å². The van der Waals surface area contributed by atoms with Crippen molar-refractivity contribution in [2.45, 2.75) is 13.0 Å². The maximum absolute atomic E-state index is 6.01. The molecule has 1 aromatic heterocycles. The molecule has 0 bridgehead atoms. The summed E-state index contributed by atoms with van der Waals surface area (Å²) in [6.07, 6.45) is 4.50. The molecule has 3 nitrogen and oxygen atoms in total. The molecule has 1 aromatic carbocycles. The maximum atomic E-state index is 6.01. The van der Waals surface area contributed by atoms with E-state index >= 15 is 0 Å². The quantitative estimate of drug-likeness (QED) is 0.943. The van der Waals surface area contributed by atoms with Gasteiger partial charge in [0.2, 0.25) is 0 Å². The third kappa shape index (κ3) is 3.31. The zero-order valence-corrected chi connectivity index (χ0v) is 11.6. The molecule has 1 heterocycles. The summed E-state index contributed by atoms with van der Waals surface area (Å²) in [6.45, 7) is 1.40. The molecule has 0 unspecified atom stereocenters. The molecule has 0 aliphatic heterocycles. The van der Waals surface area contributed by atoms with E-state index in [0.29, 0.717) is 6.54 Å². The first-order valence-corrected chi connectivity index (χ1v) is 6.51. The van der Waals surface area contributed by atoms with Crippen LogP contribution in [0, 0.1) is 0 Å². The van der Waals surface area contributed by atoms with Gasteiger partial charge in [-0.05, 0) is 23.8 Å². The zero-order valence-electron chi connectivity index (χ0n) is 9.24. The molecular formula is C12H13BrClN3. The monoisotopic (exact) mass is 313 g/mol. The summed E-state index contributed by atoms with van der Waals surface area (Å²) in [5.74, 6) is 1.00. The molecule has 2 aromatic rings. The summed E-state index contributed by atoms with van der Waals surface area (Å²) in [5.41, 5.74) is 6.69. The Morgan fingerprint density at radius 1 is 1.35 bits per heavy atom. The van der Waals surface area contributed by atoms with E-state index in [9.17, 15) is 0 Å². The molecule has 5 heteroatoms. The summed E-state index contributed by atoms with van der Waals surface area (Å²) >= 11 is 9.45. The highest BCUT2D eigenvalue weighted by Gasteiger charge is 2.05. The molecule has 0 atom stereocenters. The Morgan fingerprint density at radius 3 is 2.88 bits per heavy atom. The van der Waals surface area contributed by atoms with Crippen LogP contribution in [-0.2, 0) is 13.0 Å². The van der Waals surface area contributed by atoms with Crippen LogP contribution in [0.2, 0.25) is 5.02 Å². The molecule has 0 aliphatic rings. The van der Waals surface area contributed by atoms with E-state index in [4.69, 9.17) is 17.3 Å². The first kappa shape index (κ1) is 12.6. The molecule has 0 radical (unpaired) electrons. The lowest BCUT2D eigenvalue weighted by Gasteiger charge is -2.07. The van der Waals surface area contributed by atoms with Gasteiger partial charge in [-0.25, -0.2) is 4.98 Å². The average Bonchev–Trinajstić information content (AvgIpc) is 2.65. The summed E-state index contributed by atoms with van der Waals surface area (Å²) in [5, 5.41) is 0.728. The van der Waals surface area contributed by atoms with Gasteiger partial charge in [-0.15, -0.1) is 0 Å². The van der Waals surface area contributed by atoms with E-state index in [-0.39, 0.29) is 0 Å². The first-order valence-electron chi connectivity index (χ1n) is 5.34. The number of halogens is 2. The standard InChI is InChI=1S/C12H13BrClN3/c13-10-5-9(6-11(14)8-10)7-12-16-2-4-17(12)3-1-15/h2,4-6,8H,1,3,7,15H2. The lowest BCUT2D eigenvalue weighted by molar-refractivity contribution is 0.671. The Hall–Kier alpha value is -0.840. The Bertz CT molecular complexity index is 490. The highest BCUT2D eigenvalue weighted by Crippen LogP contribution is 2.21. The fourth-order valence-electron chi connectivity index (χ4n) is 1.75. The van der Waals surface area contributed by atoms with Gasteiger partial charge in [0.15, 0.2) is 0 Å². The molecule has 2 rings (SSSR count). The lowest BCUT2D eigenvalue weighted by Crippen LogP contribution is -2.12. The molecule has 0 saturated carbocycles. The Kier molecular flexibility index (Phi) is 4.20. The number of hydrogen-bond donors (Lipinski definition) is 1. The Balaban J connectivity index is 2.22. The van der Waals surface area contributed by atoms with Crippen LogP contribution in [0.25, 0.3) is 0 Å².